The molecule has 0 saturated carbocycles. The maximum atomic E-state index is 14.9. The third-order valence-electron chi connectivity index (χ3n) is 5.41. The molecule has 0 spiro atoms. The molecule has 1 atom stereocenters. The van der Waals surface area contributed by atoms with E-state index in [1.54, 1.807) is 48.8 Å². The van der Waals surface area contributed by atoms with Crippen molar-refractivity contribution in [3.8, 4) is 11.1 Å². The standard InChI is InChI=1S/C24H21FN4O5.BrH/c1-16(30)26-13-21-15-28(24(31)34-21)19-5-6-22(23(25)12-19)18-7-9-27(10-8-18)14-17-3-2-4-20(11-17)29(32)33;/h2-12,21H,13-15H2,1H3;1H/t21-;/m0./s1. The lowest BCUT2D eigenvalue weighted by Gasteiger charge is -2.14. The maximum absolute atomic E-state index is 14.9. The van der Waals surface area contributed by atoms with Crippen LogP contribution in [0.4, 0.5) is 20.6 Å². The van der Waals surface area contributed by atoms with Gasteiger partial charge in [-0.25, -0.2) is 13.8 Å². The summed E-state index contributed by atoms with van der Waals surface area (Å²) in [6, 6.07) is 14.4. The number of hydrogen-bond acceptors (Lipinski definition) is 5. The molecule has 1 aliphatic rings. The van der Waals surface area contributed by atoms with E-state index in [0.717, 1.165) is 5.56 Å². The minimum atomic E-state index is -0.593. The second-order valence-corrected chi connectivity index (χ2v) is 7.90. The summed E-state index contributed by atoms with van der Waals surface area (Å²) in [5.74, 6) is -0.716. The Labute approximate surface area is 211 Å². The first-order valence-corrected chi connectivity index (χ1v) is 10.5. The van der Waals surface area contributed by atoms with Gasteiger partial charge < -0.3 is 27.0 Å². The second kappa shape index (κ2) is 11.0. The molecule has 4 rings (SSSR count). The molecule has 0 radical (unpaired) electrons. The zero-order valence-electron chi connectivity index (χ0n) is 18.7. The number of non-ortho nitro benzene ring substituents is 1. The summed E-state index contributed by atoms with van der Waals surface area (Å²) in [5.41, 5.74) is 2.19. The van der Waals surface area contributed by atoms with Gasteiger partial charge in [0.05, 0.1) is 23.7 Å². The molecule has 0 unspecified atom stereocenters. The van der Waals surface area contributed by atoms with Crippen LogP contribution in [0.25, 0.3) is 11.1 Å². The van der Waals surface area contributed by atoms with Crippen molar-refractivity contribution >= 4 is 23.4 Å². The highest BCUT2D eigenvalue weighted by molar-refractivity contribution is 5.90. The van der Waals surface area contributed by atoms with Crippen molar-refractivity contribution < 1.29 is 45.2 Å². The van der Waals surface area contributed by atoms with Gasteiger partial charge in [0.15, 0.2) is 18.9 Å². The third-order valence-corrected chi connectivity index (χ3v) is 5.41. The summed E-state index contributed by atoms with van der Waals surface area (Å²) in [6.07, 6.45) is 2.44. The van der Waals surface area contributed by atoms with Gasteiger partial charge in [0.25, 0.3) is 5.69 Å². The van der Waals surface area contributed by atoms with Crippen LogP contribution < -0.4 is 31.8 Å². The van der Waals surface area contributed by atoms with Gasteiger partial charge >= 0.3 is 6.09 Å². The lowest BCUT2D eigenvalue weighted by atomic mass is 10.1. The summed E-state index contributed by atoms with van der Waals surface area (Å²) >= 11 is 0. The SMILES string of the molecule is CC(=O)NC[C@H]1CN(c2ccc(-c3cc[n+](Cc4cccc([N+](=O)[O-])c4)cc3)c(F)c2)C(=O)O1.[Br-]. The van der Waals surface area contributed by atoms with Gasteiger partial charge in [0, 0.05) is 42.3 Å². The largest absolute Gasteiger partial charge is 1.00 e. The van der Waals surface area contributed by atoms with Crippen LogP contribution in [-0.2, 0) is 16.1 Å². The van der Waals surface area contributed by atoms with Crippen molar-refractivity contribution in [2.75, 3.05) is 18.0 Å². The summed E-state index contributed by atoms with van der Waals surface area (Å²) in [4.78, 5) is 35.1. The second-order valence-electron chi connectivity index (χ2n) is 7.90. The minimum absolute atomic E-state index is 0. The molecule has 1 fully saturated rings. The minimum Gasteiger partial charge on any atom is -1.00 e. The van der Waals surface area contributed by atoms with Gasteiger partial charge in [0.1, 0.15) is 11.9 Å². The van der Waals surface area contributed by atoms with Crippen molar-refractivity contribution in [1.29, 1.82) is 0 Å². The van der Waals surface area contributed by atoms with E-state index in [9.17, 15) is 24.1 Å². The van der Waals surface area contributed by atoms with Crippen LogP contribution in [0.15, 0.2) is 67.0 Å². The number of nitrogens with one attached hydrogen (secondary N) is 1. The Morgan fingerprint density at radius 2 is 1.97 bits per heavy atom. The van der Waals surface area contributed by atoms with E-state index in [1.807, 2.05) is 4.57 Å². The number of pyridine rings is 1. The van der Waals surface area contributed by atoms with Crippen LogP contribution in [-0.4, -0.2) is 36.1 Å². The molecule has 1 saturated heterocycles. The van der Waals surface area contributed by atoms with Gasteiger partial charge in [-0.15, -0.1) is 0 Å². The van der Waals surface area contributed by atoms with Crippen molar-refractivity contribution in [2.24, 2.45) is 0 Å². The molecule has 11 heteroatoms. The van der Waals surface area contributed by atoms with Crippen LogP contribution in [0.5, 0.6) is 0 Å². The van der Waals surface area contributed by atoms with E-state index in [2.05, 4.69) is 5.32 Å². The molecule has 1 N–H and O–H groups in total. The molecule has 0 bridgehead atoms. The Morgan fingerprint density at radius 1 is 1.23 bits per heavy atom. The number of hydrogen-bond donors (Lipinski definition) is 1. The quantitative estimate of drug-likeness (QED) is 0.260. The Balaban J connectivity index is 0.00000342. The Hall–Kier alpha value is -3.86. The lowest BCUT2D eigenvalue weighted by molar-refractivity contribution is -0.688. The van der Waals surface area contributed by atoms with Crippen molar-refractivity contribution in [3.05, 3.63) is 88.5 Å². The monoisotopic (exact) mass is 544 g/mol. The number of nitro groups is 1. The van der Waals surface area contributed by atoms with E-state index >= 15 is 0 Å². The van der Waals surface area contributed by atoms with Gasteiger partial charge in [-0.05, 0) is 23.8 Å². The van der Waals surface area contributed by atoms with Gasteiger partial charge in [-0.1, -0.05) is 12.1 Å². The van der Waals surface area contributed by atoms with Crippen LogP contribution in [0, 0.1) is 15.9 Å². The maximum Gasteiger partial charge on any atom is 0.414 e. The first-order valence-electron chi connectivity index (χ1n) is 10.5. The molecular formula is C24H22BrFN4O5. The highest BCUT2D eigenvalue weighted by Crippen LogP contribution is 2.28. The zero-order chi connectivity index (χ0) is 24.2. The van der Waals surface area contributed by atoms with Crippen molar-refractivity contribution in [3.63, 3.8) is 0 Å². The summed E-state index contributed by atoms with van der Waals surface area (Å²) < 4.78 is 22.0. The Bertz CT molecular complexity index is 1250. The van der Waals surface area contributed by atoms with Crippen LogP contribution in [0.1, 0.15) is 12.5 Å². The van der Waals surface area contributed by atoms with Crippen molar-refractivity contribution in [1.82, 2.24) is 5.32 Å². The predicted molar refractivity (Wildman–Crippen MR) is 121 cm³/mol. The van der Waals surface area contributed by atoms with E-state index in [1.165, 1.54) is 30.0 Å². The van der Waals surface area contributed by atoms with Gasteiger partial charge in [-0.2, -0.15) is 0 Å². The highest BCUT2D eigenvalue weighted by atomic mass is 79.9. The fraction of sp³-hybridized carbons (Fsp3) is 0.208. The molecule has 35 heavy (non-hydrogen) atoms. The number of ether oxygens (including phenoxy) is 1. The summed E-state index contributed by atoms with van der Waals surface area (Å²) in [6.45, 7) is 2.21. The number of carbonyl (C=O) groups is 2. The van der Waals surface area contributed by atoms with E-state index in [4.69, 9.17) is 4.74 Å². The molecule has 3 aromatic rings. The molecule has 1 aromatic heterocycles. The van der Waals surface area contributed by atoms with Gasteiger partial charge in [-0.3, -0.25) is 19.8 Å². The molecule has 2 heterocycles. The summed E-state index contributed by atoms with van der Waals surface area (Å²) in [5, 5.41) is 13.6. The number of halogens is 2. The molecular weight excluding hydrogens is 523 g/mol. The van der Waals surface area contributed by atoms with E-state index < -0.39 is 22.9 Å². The first-order chi connectivity index (χ1) is 16.3. The lowest BCUT2D eigenvalue weighted by Crippen LogP contribution is -3.00. The average Bonchev–Trinajstić information content (AvgIpc) is 3.19. The molecule has 0 aliphatic carbocycles. The molecule has 1 aliphatic heterocycles. The van der Waals surface area contributed by atoms with Crippen LogP contribution >= 0.6 is 0 Å². The predicted octanol–water partition coefficient (Wildman–Crippen LogP) is 0.202. The molecule has 9 nitrogen and oxygen atoms in total. The number of benzene rings is 2. The molecule has 2 aromatic carbocycles. The first kappa shape index (κ1) is 25.8. The average molecular weight is 545 g/mol. The number of cyclic esters (lactones) is 1. The van der Waals surface area contributed by atoms with E-state index in [0.29, 0.717) is 23.4 Å². The highest BCUT2D eigenvalue weighted by Gasteiger charge is 2.32. The molecule has 182 valence electrons. The number of carbonyl (C=O) groups excluding carboxylic acids is 2. The van der Waals surface area contributed by atoms with Crippen LogP contribution in [0.3, 0.4) is 0 Å². The number of rotatable bonds is 7. The molecule has 2 amide bonds. The van der Waals surface area contributed by atoms with Crippen molar-refractivity contribution in [2.45, 2.75) is 19.6 Å². The number of nitro benzene ring substituents is 1. The fourth-order valence-electron chi connectivity index (χ4n) is 3.72. The van der Waals surface area contributed by atoms with E-state index in [-0.39, 0.29) is 41.7 Å². The smallest absolute Gasteiger partial charge is 0.414 e. The number of aromatic nitrogens is 1. The Kier molecular flexibility index (Phi) is 8.13. The number of anilines is 1. The van der Waals surface area contributed by atoms with Crippen LogP contribution in [0.2, 0.25) is 0 Å². The number of amides is 2. The number of nitrogens with zero attached hydrogens (tertiary/aromatic N) is 3. The fourth-order valence-corrected chi connectivity index (χ4v) is 3.72. The summed E-state index contributed by atoms with van der Waals surface area (Å²) in [7, 11) is 0. The third kappa shape index (κ3) is 6.18. The Morgan fingerprint density at radius 3 is 2.63 bits per heavy atom. The topological polar surface area (TPSA) is 106 Å². The zero-order valence-corrected chi connectivity index (χ0v) is 20.3. The normalized spacial score (nSPS) is 14.7. The van der Waals surface area contributed by atoms with Gasteiger partial charge in [0.2, 0.25) is 5.91 Å².